The number of para-hydroxylation sites is 1. The summed E-state index contributed by atoms with van der Waals surface area (Å²) in [7, 11) is 0. The van der Waals surface area contributed by atoms with E-state index in [1.807, 2.05) is 61.5 Å². The van der Waals surface area contributed by atoms with Gasteiger partial charge in [-0.25, -0.2) is 0 Å². The second kappa shape index (κ2) is 11.1. The van der Waals surface area contributed by atoms with Crippen molar-refractivity contribution in [3.05, 3.63) is 102 Å². The summed E-state index contributed by atoms with van der Waals surface area (Å²) in [4.78, 5) is 12.6. The van der Waals surface area contributed by atoms with E-state index in [9.17, 15) is 4.79 Å². The van der Waals surface area contributed by atoms with E-state index < -0.39 is 0 Å². The van der Waals surface area contributed by atoms with Crippen LogP contribution in [0.5, 0.6) is 5.75 Å². The van der Waals surface area contributed by atoms with Crippen molar-refractivity contribution in [3.8, 4) is 5.75 Å². The van der Waals surface area contributed by atoms with Crippen molar-refractivity contribution in [1.82, 2.24) is 5.32 Å². The third-order valence-electron chi connectivity index (χ3n) is 5.01. The molecule has 3 rings (SSSR count). The molecule has 3 heteroatoms. The van der Waals surface area contributed by atoms with Crippen LogP contribution < -0.4 is 10.1 Å². The van der Waals surface area contributed by atoms with E-state index in [1.165, 1.54) is 16.7 Å². The Morgan fingerprint density at radius 2 is 1.45 bits per heavy atom. The maximum atomic E-state index is 12.6. The Balaban J connectivity index is 1.55. The van der Waals surface area contributed by atoms with Crippen LogP contribution in [-0.4, -0.2) is 19.1 Å². The number of hydrogen-bond acceptors (Lipinski definition) is 2. The highest BCUT2D eigenvalue weighted by atomic mass is 16.5. The summed E-state index contributed by atoms with van der Waals surface area (Å²) >= 11 is 0. The minimum Gasteiger partial charge on any atom is -0.494 e. The van der Waals surface area contributed by atoms with Gasteiger partial charge in [-0.3, -0.25) is 4.79 Å². The number of hydrogen-bond donors (Lipinski definition) is 1. The van der Waals surface area contributed by atoms with E-state index in [4.69, 9.17) is 4.74 Å². The number of ether oxygens (including phenoxy) is 1. The molecule has 150 valence electrons. The maximum absolute atomic E-state index is 12.6. The third kappa shape index (κ3) is 6.21. The number of amides is 1. The van der Waals surface area contributed by atoms with Gasteiger partial charge in [0.2, 0.25) is 5.91 Å². The van der Waals surface area contributed by atoms with Crippen LogP contribution in [0.15, 0.2) is 84.9 Å². The molecule has 0 unspecified atom stereocenters. The van der Waals surface area contributed by atoms with Crippen LogP contribution in [0.3, 0.4) is 0 Å². The van der Waals surface area contributed by atoms with Crippen molar-refractivity contribution in [2.24, 2.45) is 0 Å². The molecule has 0 heterocycles. The first-order valence-corrected chi connectivity index (χ1v) is 10.3. The second-order valence-corrected chi connectivity index (χ2v) is 7.07. The van der Waals surface area contributed by atoms with Crippen molar-refractivity contribution >= 4 is 5.91 Å². The van der Waals surface area contributed by atoms with Gasteiger partial charge in [0.15, 0.2) is 0 Å². The van der Waals surface area contributed by atoms with E-state index in [-0.39, 0.29) is 11.8 Å². The van der Waals surface area contributed by atoms with E-state index >= 15 is 0 Å². The van der Waals surface area contributed by atoms with Crippen LogP contribution in [0, 0.1) is 0 Å². The molecule has 0 aliphatic rings. The first-order valence-electron chi connectivity index (χ1n) is 10.3. The van der Waals surface area contributed by atoms with Crippen LogP contribution in [-0.2, 0) is 11.2 Å². The largest absolute Gasteiger partial charge is 0.494 e. The molecule has 29 heavy (non-hydrogen) atoms. The molecule has 0 saturated carbocycles. The van der Waals surface area contributed by atoms with Gasteiger partial charge in [-0.15, -0.1) is 0 Å². The highest BCUT2D eigenvalue weighted by Gasteiger charge is 2.17. The lowest BCUT2D eigenvalue weighted by Gasteiger charge is -2.18. The van der Waals surface area contributed by atoms with Crippen LogP contribution in [0.2, 0.25) is 0 Å². The summed E-state index contributed by atoms with van der Waals surface area (Å²) in [5.74, 6) is 1.09. The lowest BCUT2D eigenvalue weighted by Crippen LogP contribution is -2.26. The monoisotopic (exact) mass is 387 g/mol. The molecule has 3 nitrogen and oxygen atoms in total. The van der Waals surface area contributed by atoms with Crippen molar-refractivity contribution in [1.29, 1.82) is 0 Å². The van der Waals surface area contributed by atoms with E-state index in [1.54, 1.807) is 0 Å². The molecule has 0 saturated heterocycles. The zero-order chi connectivity index (χ0) is 20.3. The molecule has 0 aliphatic carbocycles. The van der Waals surface area contributed by atoms with Crippen LogP contribution in [0.25, 0.3) is 0 Å². The Morgan fingerprint density at radius 1 is 0.862 bits per heavy atom. The summed E-state index contributed by atoms with van der Waals surface area (Å²) in [6.07, 6.45) is 2.22. The number of carbonyl (C=O) groups is 1. The first kappa shape index (κ1) is 20.7. The fourth-order valence-electron chi connectivity index (χ4n) is 3.57. The van der Waals surface area contributed by atoms with E-state index in [0.717, 1.165) is 18.6 Å². The summed E-state index contributed by atoms with van der Waals surface area (Å²) in [6.45, 7) is 3.32. The number of aryl methyl sites for hydroxylation is 1. The Hall–Kier alpha value is -3.07. The average Bonchev–Trinajstić information content (AvgIpc) is 2.77. The Bertz CT molecular complexity index is 838. The van der Waals surface area contributed by atoms with Gasteiger partial charge in [0.1, 0.15) is 5.75 Å². The molecule has 3 aromatic carbocycles. The fourth-order valence-corrected chi connectivity index (χ4v) is 3.57. The molecule has 3 aromatic rings. The van der Waals surface area contributed by atoms with Crippen LogP contribution >= 0.6 is 0 Å². The molecule has 0 aromatic heterocycles. The predicted octanol–water partition coefficient (Wildman–Crippen LogP) is 5.36. The fraction of sp³-hybridized carbons (Fsp3) is 0.269. The van der Waals surface area contributed by atoms with Gasteiger partial charge >= 0.3 is 0 Å². The number of benzene rings is 3. The van der Waals surface area contributed by atoms with Crippen LogP contribution in [0.1, 0.15) is 42.4 Å². The zero-order valence-electron chi connectivity index (χ0n) is 17.0. The van der Waals surface area contributed by atoms with E-state index in [2.05, 4.69) is 35.6 Å². The lowest BCUT2D eigenvalue weighted by molar-refractivity contribution is -0.121. The molecule has 0 radical (unpaired) electrons. The summed E-state index contributed by atoms with van der Waals surface area (Å²) in [5, 5.41) is 3.09. The van der Waals surface area contributed by atoms with Crippen molar-refractivity contribution in [3.63, 3.8) is 0 Å². The molecular formula is C26H29NO2. The van der Waals surface area contributed by atoms with Gasteiger partial charge in [0, 0.05) is 18.9 Å². The highest BCUT2D eigenvalue weighted by Crippen LogP contribution is 2.27. The number of nitrogens with one attached hydrogen (secondary N) is 1. The summed E-state index contributed by atoms with van der Waals surface area (Å²) < 4.78 is 5.68. The lowest BCUT2D eigenvalue weighted by atomic mass is 9.88. The minimum absolute atomic E-state index is 0.0658. The molecule has 0 bridgehead atoms. The highest BCUT2D eigenvalue weighted by molar-refractivity contribution is 5.77. The van der Waals surface area contributed by atoms with Crippen LogP contribution in [0.4, 0.5) is 0 Å². The molecular weight excluding hydrogens is 358 g/mol. The van der Waals surface area contributed by atoms with Gasteiger partial charge < -0.3 is 10.1 Å². The van der Waals surface area contributed by atoms with Crippen molar-refractivity contribution in [2.75, 3.05) is 13.2 Å². The quantitative estimate of drug-likeness (QED) is 0.476. The van der Waals surface area contributed by atoms with Crippen molar-refractivity contribution in [2.45, 2.75) is 32.1 Å². The zero-order valence-corrected chi connectivity index (χ0v) is 17.0. The van der Waals surface area contributed by atoms with Gasteiger partial charge in [-0.2, -0.15) is 0 Å². The summed E-state index contributed by atoms with van der Waals surface area (Å²) in [5.41, 5.74) is 3.52. The first-order chi connectivity index (χ1) is 14.3. The van der Waals surface area contributed by atoms with Gasteiger partial charge in [-0.05, 0) is 42.5 Å². The van der Waals surface area contributed by atoms with Gasteiger partial charge in [0.25, 0.3) is 0 Å². The molecule has 0 spiro atoms. The summed E-state index contributed by atoms with van der Waals surface area (Å²) in [6, 6.07) is 28.6. The Morgan fingerprint density at radius 3 is 2.07 bits per heavy atom. The third-order valence-corrected chi connectivity index (χ3v) is 5.01. The Kier molecular flexibility index (Phi) is 7.88. The van der Waals surface area contributed by atoms with Gasteiger partial charge in [-0.1, -0.05) is 78.9 Å². The predicted molar refractivity (Wildman–Crippen MR) is 118 cm³/mol. The number of carbonyl (C=O) groups excluding carboxylic acids is 1. The molecule has 0 atom stereocenters. The molecule has 0 fully saturated rings. The standard InChI is InChI=1S/C26H29NO2/c1-2-29-25-18-10-9-16-23(25)17-11-19-27-26(28)20-24(21-12-5-3-6-13-21)22-14-7-4-8-15-22/h3-10,12-16,18,24H,2,11,17,19-20H2,1H3,(H,27,28). The second-order valence-electron chi connectivity index (χ2n) is 7.07. The molecule has 1 amide bonds. The van der Waals surface area contributed by atoms with E-state index in [0.29, 0.717) is 19.6 Å². The van der Waals surface area contributed by atoms with Crippen molar-refractivity contribution < 1.29 is 9.53 Å². The molecule has 0 aliphatic heterocycles. The SMILES string of the molecule is CCOc1ccccc1CCCNC(=O)CC(c1ccccc1)c1ccccc1. The minimum atomic E-state index is 0.0658. The van der Waals surface area contributed by atoms with Gasteiger partial charge in [0.05, 0.1) is 6.61 Å². The smallest absolute Gasteiger partial charge is 0.220 e. The average molecular weight is 388 g/mol. The Labute approximate surface area is 173 Å². The number of rotatable bonds is 10. The normalized spacial score (nSPS) is 10.7. The molecule has 1 N–H and O–H groups in total. The maximum Gasteiger partial charge on any atom is 0.220 e. The topological polar surface area (TPSA) is 38.3 Å².